The maximum Gasteiger partial charge on any atom is 0.123 e. The molecule has 266 valence electrons. The Morgan fingerprint density at radius 2 is 0.583 bits per heavy atom. The van der Waals surface area contributed by atoms with Gasteiger partial charge in [0.15, 0.2) is 0 Å². The minimum absolute atomic E-state index is 0.000534. The summed E-state index contributed by atoms with van der Waals surface area (Å²) >= 11 is 0. The third-order valence-electron chi connectivity index (χ3n) is 9.81. The Morgan fingerprint density at radius 3 is 0.792 bits per heavy atom. The number of rotatable bonds is 5. The maximum atomic E-state index is 11.7. The first-order valence-corrected chi connectivity index (χ1v) is 18.0. The van der Waals surface area contributed by atoms with E-state index in [1.807, 2.05) is 0 Å². The van der Waals surface area contributed by atoms with Crippen LogP contribution < -0.4 is 0 Å². The molecule has 0 saturated carbocycles. The van der Waals surface area contributed by atoms with Crippen LogP contribution in [0.3, 0.4) is 0 Å². The van der Waals surface area contributed by atoms with Gasteiger partial charge in [0.25, 0.3) is 0 Å². The van der Waals surface area contributed by atoms with Crippen LogP contribution in [0.4, 0.5) is 0 Å². The van der Waals surface area contributed by atoms with Crippen molar-refractivity contribution in [3.8, 4) is 17.2 Å². The van der Waals surface area contributed by atoms with Gasteiger partial charge in [-0.05, 0) is 95.4 Å². The van der Waals surface area contributed by atoms with Crippen molar-refractivity contribution in [2.24, 2.45) is 0 Å². The minimum Gasteiger partial charge on any atom is -0.507 e. The smallest absolute Gasteiger partial charge is 0.123 e. The summed E-state index contributed by atoms with van der Waals surface area (Å²) < 4.78 is 0. The largest absolute Gasteiger partial charge is 0.507 e. The van der Waals surface area contributed by atoms with E-state index >= 15 is 0 Å². The maximum absolute atomic E-state index is 11.7. The molecule has 0 saturated heterocycles. The summed E-state index contributed by atoms with van der Waals surface area (Å²) in [6, 6.07) is 13.3. The van der Waals surface area contributed by atoms with Gasteiger partial charge in [0, 0.05) is 5.92 Å². The number of phenols is 3. The molecule has 0 aromatic heterocycles. The van der Waals surface area contributed by atoms with Gasteiger partial charge in [0.2, 0.25) is 0 Å². The fourth-order valence-electron chi connectivity index (χ4n) is 6.82. The molecule has 0 radical (unpaired) electrons. The molecule has 0 aliphatic carbocycles. The SMILES string of the molecule is CC(C)(C)c1cc(CCC(c2cc(C(C)(C)C)c(O)c(C(C)(C)C)c2)c2cc(C(C)(C)C)c(O)c(C(C)(C)C)c2)cc(C(C)(C)C)c1O. The second-order valence-corrected chi connectivity index (χ2v) is 20.6. The number of aromatic hydroxyl groups is 3. The molecule has 3 N–H and O–H groups in total. The highest BCUT2D eigenvalue weighted by atomic mass is 16.3. The van der Waals surface area contributed by atoms with Crippen LogP contribution in [-0.2, 0) is 38.9 Å². The van der Waals surface area contributed by atoms with Crippen molar-refractivity contribution in [2.45, 2.75) is 176 Å². The molecule has 0 amide bonds. The average Bonchev–Trinajstić information content (AvgIpc) is 2.86. The number of hydrogen-bond donors (Lipinski definition) is 3. The Labute approximate surface area is 294 Å². The van der Waals surface area contributed by atoms with Crippen molar-refractivity contribution in [3.63, 3.8) is 0 Å². The van der Waals surface area contributed by atoms with E-state index in [0.717, 1.165) is 46.2 Å². The second kappa shape index (κ2) is 12.7. The average molecular weight is 657 g/mol. The summed E-state index contributed by atoms with van der Waals surface area (Å²) in [6.45, 7) is 39.0. The Bertz CT molecular complexity index is 1440. The molecule has 3 nitrogen and oxygen atoms in total. The van der Waals surface area contributed by atoms with Crippen molar-refractivity contribution in [3.05, 3.63) is 86.5 Å². The van der Waals surface area contributed by atoms with E-state index in [1.54, 1.807) is 0 Å². The molecule has 3 aromatic carbocycles. The third-order valence-corrected chi connectivity index (χ3v) is 9.81. The lowest BCUT2D eigenvalue weighted by Gasteiger charge is -2.32. The van der Waals surface area contributed by atoms with E-state index in [1.165, 1.54) is 16.7 Å². The Hall–Kier alpha value is -2.94. The fourth-order valence-corrected chi connectivity index (χ4v) is 6.82. The zero-order chi connectivity index (χ0) is 37.2. The Balaban J connectivity index is 2.43. The lowest BCUT2D eigenvalue weighted by atomic mass is 9.73. The summed E-state index contributed by atoms with van der Waals surface area (Å²) in [7, 11) is 0. The topological polar surface area (TPSA) is 60.7 Å². The van der Waals surface area contributed by atoms with Crippen molar-refractivity contribution in [1.29, 1.82) is 0 Å². The molecule has 0 bridgehead atoms. The van der Waals surface area contributed by atoms with Crippen LogP contribution in [-0.4, -0.2) is 15.3 Å². The number of aryl methyl sites for hydroxylation is 1. The van der Waals surface area contributed by atoms with E-state index in [9.17, 15) is 15.3 Å². The highest BCUT2D eigenvalue weighted by molar-refractivity contribution is 5.56. The van der Waals surface area contributed by atoms with Crippen LogP contribution in [0.25, 0.3) is 0 Å². The van der Waals surface area contributed by atoms with Crippen molar-refractivity contribution >= 4 is 0 Å². The fraction of sp³-hybridized carbons (Fsp3) is 0.600. The van der Waals surface area contributed by atoms with Gasteiger partial charge in [0.1, 0.15) is 17.2 Å². The zero-order valence-electron chi connectivity index (χ0n) is 33.8. The van der Waals surface area contributed by atoms with Crippen LogP contribution in [0, 0.1) is 0 Å². The zero-order valence-corrected chi connectivity index (χ0v) is 33.8. The van der Waals surface area contributed by atoms with Gasteiger partial charge in [-0.1, -0.05) is 161 Å². The lowest BCUT2D eigenvalue weighted by molar-refractivity contribution is 0.421. The van der Waals surface area contributed by atoms with Crippen LogP contribution in [0.1, 0.15) is 187 Å². The minimum atomic E-state index is -0.257. The first kappa shape index (κ1) is 39.5. The Morgan fingerprint density at radius 1 is 0.375 bits per heavy atom. The predicted octanol–water partition coefficient (Wildman–Crippen LogP) is 12.4. The van der Waals surface area contributed by atoms with Crippen molar-refractivity contribution < 1.29 is 15.3 Å². The van der Waals surface area contributed by atoms with E-state index < -0.39 is 0 Å². The molecular weight excluding hydrogens is 588 g/mol. The molecule has 0 aliphatic rings. The van der Waals surface area contributed by atoms with Crippen molar-refractivity contribution in [2.75, 3.05) is 0 Å². The molecule has 0 aliphatic heterocycles. The lowest BCUT2D eigenvalue weighted by Crippen LogP contribution is -2.21. The molecular formula is C45H68O3. The Kier molecular flexibility index (Phi) is 10.5. The van der Waals surface area contributed by atoms with Gasteiger partial charge in [-0.2, -0.15) is 0 Å². The quantitative estimate of drug-likeness (QED) is 0.256. The second-order valence-electron chi connectivity index (χ2n) is 20.6. The number of phenolic OH excluding ortho intramolecular Hbond substituents is 3. The summed E-state index contributed by atoms with van der Waals surface area (Å²) in [5.74, 6) is 1.18. The van der Waals surface area contributed by atoms with Crippen LogP contribution in [0.2, 0.25) is 0 Å². The van der Waals surface area contributed by atoms with Gasteiger partial charge >= 0.3 is 0 Å². The van der Waals surface area contributed by atoms with E-state index in [0.29, 0.717) is 17.2 Å². The monoisotopic (exact) mass is 657 g/mol. The molecule has 3 aromatic rings. The molecule has 3 rings (SSSR count). The van der Waals surface area contributed by atoms with Crippen LogP contribution in [0.5, 0.6) is 17.2 Å². The van der Waals surface area contributed by atoms with Crippen LogP contribution in [0.15, 0.2) is 36.4 Å². The summed E-state index contributed by atoms with van der Waals surface area (Å²) in [5, 5.41) is 34.8. The van der Waals surface area contributed by atoms with Gasteiger partial charge in [-0.25, -0.2) is 0 Å². The van der Waals surface area contributed by atoms with E-state index in [4.69, 9.17) is 0 Å². The molecule has 0 unspecified atom stereocenters. The molecule has 0 fully saturated rings. The molecule has 0 atom stereocenters. The molecule has 48 heavy (non-hydrogen) atoms. The van der Waals surface area contributed by atoms with E-state index in [-0.39, 0.29) is 38.4 Å². The first-order chi connectivity index (χ1) is 21.3. The standard InChI is InChI=1S/C45H68O3/c1-40(2,3)31-21-27(22-32(37(31)46)41(4,5)6)19-20-30(28-23-33(42(7,8)9)38(47)34(24-28)43(10,11)12)29-25-35(44(13,14)15)39(48)36(26-29)45(16,17)18/h21-26,30,46-48H,19-20H2,1-18H3. The highest BCUT2D eigenvalue weighted by Gasteiger charge is 2.33. The van der Waals surface area contributed by atoms with Crippen LogP contribution >= 0.6 is 0 Å². The van der Waals surface area contributed by atoms with Gasteiger partial charge in [-0.3, -0.25) is 0 Å². The first-order valence-electron chi connectivity index (χ1n) is 18.0. The van der Waals surface area contributed by atoms with Gasteiger partial charge < -0.3 is 15.3 Å². The normalized spacial score (nSPS) is 13.8. The number of benzene rings is 3. The van der Waals surface area contributed by atoms with Gasteiger partial charge in [-0.15, -0.1) is 0 Å². The van der Waals surface area contributed by atoms with E-state index in [2.05, 4.69) is 161 Å². The third kappa shape index (κ3) is 8.61. The van der Waals surface area contributed by atoms with Crippen molar-refractivity contribution in [1.82, 2.24) is 0 Å². The predicted molar refractivity (Wildman–Crippen MR) is 207 cm³/mol. The summed E-state index contributed by atoms with van der Waals surface area (Å²) in [5.41, 5.74) is 7.90. The highest BCUT2D eigenvalue weighted by Crippen LogP contribution is 2.47. The molecule has 3 heteroatoms. The summed E-state index contributed by atoms with van der Waals surface area (Å²) in [4.78, 5) is 0. The summed E-state index contributed by atoms with van der Waals surface area (Å²) in [6.07, 6.45) is 1.64. The molecule has 0 spiro atoms. The van der Waals surface area contributed by atoms with Gasteiger partial charge in [0.05, 0.1) is 0 Å². The number of hydrogen-bond acceptors (Lipinski definition) is 3. The molecule has 0 heterocycles.